The summed E-state index contributed by atoms with van der Waals surface area (Å²) in [6, 6.07) is 7.93. The molecular weight excluding hydrogens is 286 g/mol. The van der Waals surface area contributed by atoms with Crippen LogP contribution < -0.4 is 10.1 Å². The molecule has 0 spiro atoms. The number of pyridine rings is 1. The topological polar surface area (TPSA) is 94.4 Å². The molecule has 112 valence electrons. The monoisotopic (exact) mass is 299 g/mol. The van der Waals surface area contributed by atoms with Gasteiger partial charge in [0.25, 0.3) is 5.88 Å². The summed E-state index contributed by atoms with van der Waals surface area (Å²) in [4.78, 5) is 26.4. The van der Waals surface area contributed by atoms with E-state index in [1.807, 2.05) is 0 Å². The molecule has 1 aromatic heterocycles. The van der Waals surface area contributed by atoms with E-state index in [9.17, 15) is 14.9 Å². The average Bonchev–Trinajstić information content (AvgIpc) is 2.70. The zero-order valence-electron chi connectivity index (χ0n) is 12.0. The number of carbonyl (C=O) groups excluding carboxylic acids is 1. The lowest BCUT2D eigenvalue weighted by Gasteiger charge is -2.18. The lowest BCUT2D eigenvalue weighted by Crippen LogP contribution is -2.27. The molecule has 1 aromatic carbocycles. The van der Waals surface area contributed by atoms with Gasteiger partial charge in [0.15, 0.2) is 0 Å². The number of ether oxygens (including phenoxy) is 1. The van der Waals surface area contributed by atoms with Gasteiger partial charge in [0.2, 0.25) is 5.91 Å². The first-order chi connectivity index (χ1) is 10.4. The molecule has 0 aliphatic carbocycles. The second-order valence-electron chi connectivity index (χ2n) is 5.44. The maximum Gasteiger partial charge on any atom is 0.331 e. The van der Waals surface area contributed by atoms with E-state index in [0.717, 1.165) is 0 Å². The van der Waals surface area contributed by atoms with E-state index < -0.39 is 10.3 Å². The van der Waals surface area contributed by atoms with Crippen LogP contribution in [-0.4, -0.2) is 15.8 Å². The van der Waals surface area contributed by atoms with Gasteiger partial charge in [0.05, 0.1) is 10.3 Å². The van der Waals surface area contributed by atoms with E-state index in [-0.39, 0.29) is 17.5 Å². The minimum Gasteiger partial charge on any atom is -0.433 e. The number of anilines is 1. The molecule has 22 heavy (non-hydrogen) atoms. The van der Waals surface area contributed by atoms with Crippen molar-refractivity contribution < 1.29 is 14.5 Å². The SMILES string of the molecule is CC1(C)C(=O)Nc2cccc(Oc3ncccc3[N+](=O)[O-])c21. The number of fused-ring (bicyclic) bond motifs is 1. The highest BCUT2D eigenvalue weighted by atomic mass is 16.6. The molecule has 7 heteroatoms. The molecule has 0 unspecified atom stereocenters. The van der Waals surface area contributed by atoms with E-state index in [0.29, 0.717) is 17.0 Å². The number of hydrogen-bond donors (Lipinski definition) is 1. The van der Waals surface area contributed by atoms with Gasteiger partial charge in [0, 0.05) is 23.5 Å². The van der Waals surface area contributed by atoms with Crippen molar-refractivity contribution in [2.75, 3.05) is 5.32 Å². The van der Waals surface area contributed by atoms with Gasteiger partial charge in [-0.3, -0.25) is 14.9 Å². The standard InChI is InChI=1S/C15H13N3O4/c1-15(2)12-9(17-14(15)19)5-3-7-11(12)22-13-10(18(20)21)6-4-8-16-13/h3-8H,1-2H3,(H,17,19). The number of carbonyl (C=O) groups is 1. The Kier molecular flexibility index (Phi) is 3.05. The van der Waals surface area contributed by atoms with Gasteiger partial charge >= 0.3 is 5.69 Å². The zero-order valence-corrected chi connectivity index (χ0v) is 12.0. The van der Waals surface area contributed by atoms with Crippen LogP contribution in [0.25, 0.3) is 0 Å². The Labute approximate surface area is 126 Å². The third kappa shape index (κ3) is 2.07. The quantitative estimate of drug-likeness (QED) is 0.694. The second kappa shape index (κ2) is 4.80. The van der Waals surface area contributed by atoms with Gasteiger partial charge in [0.1, 0.15) is 5.75 Å². The first-order valence-corrected chi connectivity index (χ1v) is 6.63. The lowest BCUT2D eigenvalue weighted by molar-refractivity contribution is -0.386. The summed E-state index contributed by atoms with van der Waals surface area (Å²) in [5, 5.41) is 13.8. The van der Waals surface area contributed by atoms with Crippen LogP contribution in [0.15, 0.2) is 36.5 Å². The molecule has 0 radical (unpaired) electrons. The second-order valence-corrected chi connectivity index (χ2v) is 5.44. The van der Waals surface area contributed by atoms with Gasteiger partial charge in [-0.2, -0.15) is 0 Å². The van der Waals surface area contributed by atoms with E-state index in [1.54, 1.807) is 32.0 Å². The summed E-state index contributed by atoms with van der Waals surface area (Å²) in [6.07, 6.45) is 1.42. The van der Waals surface area contributed by atoms with E-state index >= 15 is 0 Å². The third-order valence-electron chi connectivity index (χ3n) is 3.62. The molecule has 2 heterocycles. The molecule has 1 amide bonds. The minimum absolute atomic E-state index is 0.101. The van der Waals surface area contributed by atoms with Crippen LogP contribution in [0.2, 0.25) is 0 Å². The van der Waals surface area contributed by atoms with Crippen molar-refractivity contribution in [3.63, 3.8) is 0 Å². The molecule has 1 aliphatic rings. The van der Waals surface area contributed by atoms with Crippen molar-refractivity contribution in [1.29, 1.82) is 0 Å². The Morgan fingerprint density at radius 3 is 2.77 bits per heavy atom. The van der Waals surface area contributed by atoms with Crippen LogP contribution in [0.3, 0.4) is 0 Å². The molecular formula is C15H13N3O4. The summed E-state index contributed by atoms with van der Waals surface area (Å²) in [6.45, 7) is 3.54. The van der Waals surface area contributed by atoms with Crippen molar-refractivity contribution in [3.05, 3.63) is 52.2 Å². The summed E-state index contributed by atoms with van der Waals surface area (Å²) in [7, 11) is 0. The van der Waals surface area contributed by atoms with Crippen molar-refractivity contribution in [3.8, 4) is 11.6 Å². The number of amides is 1. The molecule has 0 saturated carbocycles. The molecule has 1 aliphatic heterocycles. The highest BCUT2D eigenvalue weighted by Gasteiger charge is 2.41. The van der Waals surface area contributed by atoms with Crippen molar-refractivity contribution in [2.45, 2.75) is 19.3 Å². The fraction of sp³-hybridized carbons (Fsp3) is 0.200. The summed E-state index contributed by atoms with van der Waals surface area (Å²) < 4.78 is 5.65. The van der Waals surface area contributed by atoms with Crippen molar-refractivity contribution in [1.82, 2.24) is 4.98 Å². The van der Waals surface area contributed by atoms with Gasteiger partial charge in [-0.25, -0.2) is 4.98 Å². The predicted molar refractivity (Wildman–Crippen MR) is 79.1 cm³/mol. The Balaban J connectivity index is 2.08. The van der Waals surface area contributed by atoms with Crippen LogP contribution in [-0.2, 0) is 10.2 Å². The van der Waals surface area contributed by atoms with Crippen LogP contribution >= 0.6 is 0 Å². The predicted octanol–water partition coefficient (Wildman–Crippen LogP) is 3.01. The molecule has 1 N–H and O–H groups in total. The van der Waals surface area contributed by atoms with Crippen LogP contribution in [0.1, 0.15) is 19.4 Å². The van der Waals surface area contributed by atoms with Crippen LogP contribution in [0.5, 0.6) is 11.6 Å². The Bertz CT molecular complexity index is 786. The highest BCUT2D eigenvalue weighted by Crippen LogP contribution is 2.44. The number of nitrogens with zero attached hydrogens (tertiary/aromatic N) is 2. The highest BCUT2D eigenvalue weighted by molar-refractivity contribution is 6.06. The molecule has 0 saturated heterocycles. The van der Waals surface area contributed by atoms with Gasteiger partial charge in [-0.05, 0) is 32.0 Å². The van der Waals surface area contributed by atoms with Gasteiger partial charge < -0.3 is 10.1 Å². The smallest absolute Gasteiger partial charge is 0.331 e. The maximum absolute atomic E-state index is 12.0. The molecule has 0 bridgehead atoms. The number of aromatic nitrogens is 1. The Morgan fingerprint density at radius 2 is 2.05 bits per heavy atom. The largest absolute Gasteiger partial charge is 0.433 e. The average molecular weight is 299 g/mol. The van der Waals surface area contributed by atoms with Gasteiger partial charge in [-0.1, -0.05) is 6.07 Å². The summed E-state index contributed by atoms with van der Waals surface area (Å²) >= 11 is 0. The lowest BCUT2D eigenvalue weighted by atomic mass is 9.85. The van der Waals surface area contributed by atoms with Gasteiger partial charge in [-0.15, -0.1) is 0 Å². The molecule has 2 aromatic rings. The molecule has 7 nitrogen and oxygen atoms in total. The molecule has 0 fully saturated rings. The van der Waals surface area contributed by atoms with Crippen molar-refractivity contribution >= 4 is 17.3 Å². The number of nitrogens with one attached hydrogen (secondary N) is 1. The van der Waals surface area contributed by atoms with Crippen LogP contribution in [0, 0.1) is 10.1 Å². The number of benzene rings is 1. The molecule has 3 rings (SSSR count). The summed E-state index contributed by atoms with van der Waals surface area (Å²) in [5.74, 6) is 0.132. The van der Waals surface area contributed by atoms with E-state index in [1.165, 1.54) is 18.3 Å². The zero-order chi connectivity index (χ0) is 15.9. The first-order valence-electron chi connectivity index (χ1n) is 6.63. The Hall–Kier alpha value is -2.96. The number of hydrogen-bond acceptors (Lipinski definition) is 5. The molecule has 0 atom stereocenters. The number of rotatable bonds is 3. The maximum atomic E-state index is 12.0. The number of nitro groups is 1. The fourth-order valence-corrected chi connectivity index (χ4v) is 2.46. The van der Waals surface area contributed by atoms with Crippen molar-refractivity contribution in [2.24, 2.45) is 0 Å². The first kappa shape index (κ1) is 14.0. The normalized spacial score (nSPS) is 15.1. The fourth-order valence-electron chi connectivity index (χ4n) is 2.46. The minimum atomic E-state index is -0.782. The van der Waals surface area contributed by atoms with E-state index in [2.05, 4.69) is 10.3 Å². The van der Waals surface area contributed by atoms with Crippen LogP contribution in [0.4, 0.5) is 11.4 Å². The Morgan fingerprint density at radius 1 is 1.27 bits per heavy atom. The summed E-state index contributed by atoms with van der Waals surface area (Å²) in [5.41, 5.74) is 0.302. The third-order valence-corrected chi connectivity index (χ3v) is 3.62. The van der Waals surface area contributed by atoms with E-state index in [4.69, 9.17) is 4.74 Å².